The van der Waals surface area contributed by atoms with Crippen LogP contribution in [0.1, 0.15) is 45.0 Å². The summed E-state index contributed by atoms with van der Waals surface area (Å²) in [6.07, 6.45) is 0. The zero-order chi connectivity index (χ0) is 22.3. The molecule has 1 heterocycles. The second-order valence-electron chi connectivity index (χ2n) is 6.29. The molecule has 30 heavy (non-hydrogen) atoms. The second kappa shape index (κ2) is 10.5. The number of nitrogens with one attached hydrogen (secondary N) is 1. The predicted molar refractivity (Wildman–Crippen MR) is 111 cm³/mol. The third-order valence-corrected chi connectivity index (χ3v) is 5.22. The number of Topliss-reactive ketones (excluding diaryl/α,β-unsaturated/α-hetero) is 1. The number of carbonyl (C=O) groups is 4. The maximum Gasteiger partial charge on any atom is 0.344 e. The van der Waals surface area contributed by atoms with Gasteiger partial charge < -0.3 is 19.5 Å². The van der Waals surface area contributed by atoms with Crippen molar-refractivity contribution in [3.8, 4) is 5.75 Å². The van der Waals surface area contributed by atoms with Gasteiger partial charge in [0, 0.05) is 10.4 Å². The van der Waals surface area contributed by atoms with E-state index in [-0.39, 0.29) is 12.4 Å². The average Bonchev–Trinajstić information content (AvgIpc) is 2.98. The molecular weight excluding hydrogens is 410 g/mol. The number of carbonyl (C=O) groups excluding carboxylic acids is 4. The zero-order valence-electron chi connectivity index (χ0n) is 17.2. The van der Waals surface area contributed by atoms with Gasteiger partial charge in [-0.2, -0.15) is 0 Å². The molecule has 1 N–H and O–H groups in total. The topological polar surface area (TPSA) is 108 Å². The van der Waals surface area contributed by atoms with Crippen molar-refractivity contribution < 1.29 is 33.4 Å². The van der Waals surface area contributed by atoms with Crippen LogP contribution in [-0.2, 0) is 19.1 Å². The summed E-state index contributed by atoms with van der Waals surface area (Å²) >= 11 is 1.25. The minimum Gasteiger partial charge on any atom is -0.482 e. The lowest BCUT2D eigenvalue weighted by atomic mass is 10.1. The van der Waals surface area contributed by atoms with Crippen LogP contribution in [0.4, 0.5) is 5.00 Å². The Kier molecular flexibility index (Phi) is 8.11. The second-order valence-corrected chi connectivity index (χ2v) is 7.51. The van der Waals surface area contributed by atoms with Crippen LogP contribution in [-0.4, -0.2) is 43.4 Å². The van der Waals surface area contributed by atoms with Crippen molar-refractivity contribution in [2.75, 3.05) is 25.1 Å². The summed E-state index contributed by atoms with van der Waals surface area (Å²) in [7, 11) is 0. The van der Waals surface area contributed by atoms with Crippen molar-refractivity contribution in [1.82, 2.24) is 0 Å². The SMILES string of the molecule is CCOC(=O)c1c(NC(=O)COC(=O)COc2ccc(C(C)=O)cc2)sc(C)c1C. The average molecular weight is 433 g/mol. The molecule has 0 saturated carbocycles. The number of amides is 1. The Morgan fingerprint density at radius 1 is 1.00 bits per heavy atom. The molecule has 0 saturated heterocycles. The van der Waals surface area contributed by atoms with Crippen molar-refractivity contribution in [3.05, 3.63) is 45.8 Å². The van der Waals surface area contributed by atoms with E-state index >= 15 is 0 Å². The number of thiophene rings is 1. The lowest BCUT2D eigenvalue weighted by molar-refractivity contribution is -0.149. The maximum atomic E-state index is 12.1. The molecule has 0 bridgehead atoms. The van der Waals surface area contributed by atoms with Crippen LogP contribution in [0.3, 0.4) is 0 Å². The van der Waals surface area contributed by atoms with E-state index in [2.05, 4.69) is 5.32 Å². The number of ketones is 1. The van der Waals surface area contributed by atoms with E-state index in [0.717, 1.165) is 10.4 Å². The molecule has 8 nitrogen and oxygen atoms in total. The Morgan fingerprint density at radius 2 is 1.67 bits per heavy atom. The van der Waals surface area contributed by atoms with Gasteiger partial charge in [-0.1, -0.05) is 0 Å². The van der Waals surface area contributed by atoms with Crippen molar-refractivity contribution in [2.24, 2.45) is 0 Å². The van der Waals surface area contributed by atoms with Crippen LogP contribution in [0.25, 0.3) is 0 Å². The fourth-order valence-electron chi connectivity index (χ4n) is 2.44. The molecule has 1 aromatic carbocycles. The van der Waals surface area contributed by atoms with Gasteiger partial charge in [-0.05, 0) is 57.5 Å². The van der Waals surface area contributed by atoms with Crippen LogP contribution < -0.4 is 10.1 Å². The predicted octanol–water partition coefficient (Wildman–Crippen LogP) is 3.30. The fraction of sp³-hybridized carbons (Fsp3) is 0.333. The molecule has 9 heteroatoms. The van der Waals surface area contributed by atoms with E-state index in [0.29, 0.717) is 21.9 Å². The van der Waals surface area contributed by atoms with E-state index in [1.165, 1.54) is 18.3 Å². The molecule has 0 aliphatic heterocycles. The molecule has 0 aliphatic carbocycles. The fourth-order valence-corrected chi connectivity index (χ4v) is 3.51. The lowest BCUT2D eigenvalue weighted by Gasteiger charge is -2.09. The van der Waals surface area contributed by atoms with Crippen LogP contribution >= 0.6 is 11.3 Å². The summed E-state index contributed by atoms with van der Waals surface area (Å²) < 4.78 is 15.2. The minimum atomic E-state index is -0.732. The Hall–Kier alpha value is -3.20. The van der Waals surface area contributed by atoms with E-state index in [1.807, 2.05) is 6.92 Å². The van der Waals surface area contributed by atoms with Crippen molar-refractivity contribution in [1.29, 1.82) is 0 Å². The lowest BCUT2D eigenvalue weighted by Crippen LogP contribution is -2.24. The summed E-state index contributed by atoms with van der Waals surface area (Å²) in [6.45, 7) is 6.06. The number of hydrogen-bond donors (Lipinski definition) is 1. The number of esters is 2. The first-order chi connectivity index (χ1) is 14.2. The molecule has 1 amide bonds. The molecule has 0 fully saturated rings. The smallest absolute Gasteiger partial charge is 0.344 e. The molecule has 160 valence electrons. The van der Waals surface area contributed by atoms with Gasteiger partial charge in [0.15, 0.2) is 19.0 Å². The first kappa shape index (κ1) is 23.1. The highest BCUT2D eigenvalue weighted by Crippen LogP contribution is 2.33. The van der Waals surface area contributed by atoms with Crippen LogP contribution in [0.5, 0.6) is 5.75 Å². The number of benzene rings is 1. The zero-order valence-corrected chi connectivity index (χ0v) is 18.0. The molecule has 0 aliphatic rings. The standard InChI is InChI=1S/C21H23NO7S/c1-5-27-21(26)19-12(2)14(4)30-20(19)22-17(24)10-29-18(25)11-28-16-8-6-15(7-9-16)13(3)23/h6-9H,5,10-11H2,1-4H3,(H,22,24). The first-order valence-corrected chi connectivity index (χ1v) is 10.0. The van der Waals surface area contributed by atoms with Crippen LogP contribution in [0, 0.1) is 13.8 Å². The maximum absolute atomic E-state index is 12.1. The van der Waals surface area contributed by atoms with Gasteiger partial charge in [0.25, 0.3) is 5.91 Å². The van der Waals surface area contributed by atoms with E-state index in [4.69, 9.17) is 14.2 Å². The van der Waals surface area contributed by atoms with Gasteiger partial charge in [-0.25, -0.2) is 9.59 Å². The van der Waals surface area contributed by atoms with Crippen LogP contribution in [0.15, 0.2) is 24.3 Å². The van der Waals surface area contributed by atoms with Gasteiger partial charge in [0.1, 0.15) is 10.8 Å². The number of rotatable bonds is 9. The Bertz CT molecular complexity index is 947. The van der Waals surface area contributed by atoms with E-state index in [9.17, 15) is 19.2 Å². The molecule has 0 unspecified atom stereocenters. The van der Waals surface area contributed by atoms with Crippen LogP contribution in [0.2, 0.25) is 0 Å². The van der Waals surface area contributed by atoms with Gasteiger partial charge in [0.05, 0.1) is 12.2 Å². The minimum absolute atomic E-state index is 0.0748. The third kappa shape index (κ3) is 6.15. The van der Waals surface area contributed by atoms with Crippen molar-refractivity contribution >= 4 is 40.0 Å². The largest absolute Gasteiger partial charge is 0.482 e. The highest BCUT2D eigenvalue weighted by Gasteiger charge is 2.22. The van der Waals surface area contributed by atoms with Gasteiger partial charge in [-0.3, -0.25) is 9.59 Å². The van der Waals surface area contributed by atoms with Gasteiger partial charge in [0.2, 0.25) is 0 Å². The monoisotopic (exact) mass is 433 g/mol. The number of hydrogen-bond acceptors (Lipinski definition) is 8. The Balaban J connectivity index is 1.86. The van der Waals surface area contributed by atoms with Gasteiger partial charge >= 0.3 is 11.9 Å². The highest BCUT2D eigenvalue weighted by atomic mass is 32.1. The molecule has 1 aromatic heterocycles. The van der Waals surface area contributed by atoms with Gasteiger partial charge in [-0.15, -0.1) is 11.3 Å². The third-order valence-electron chi connectivity index (χ3n) is 4.10. The first-order valence-electron chi connectivity index (χ1n) is 9.19. The van der Waals surface area contributed by atoms with E-state index < -0.39 is 31.1 Å². The van der Waals surface area contributed by atoms with Crippen molar-refractivity contribution in [2.45, 2.75) is 27.7 Å². The highest BCUT2D eigenvalue weighted by molar-refractivity contribution is 7.16. The molecule has 0 spiro atoms. The molecule has 2 aromatic rings. The Labute approximate surface area is 178 Å². The quantitative estimate of drug-likeness (QED) is 0.477. The molecule has 2 rings (SSSR count). The Morgan fingerprint density at radius 3 is 2.27 bits per heavy atom. The summed E-state index contributed by atoms with van der Waals surface area (Å²) in [4.78, 5) is 48.2. The summed E-state index contributed by atoms with van der Waals surface area (Å²) in [5.41, 5.74) is 1.56. The summed E-state index contributed by atoms with van der Waals surface area (Å²) in [5.74, 6) is -1.51. The molecule has 0 radical (unpaired) electrons. The normalized spacial score (nSPS) is 10.3. The van der Waals surface area contributed by atoms with E-state index in [1.54, 1.807) is 38.1 Å². The number of anilines is 1. The number of ether oxygens (including phenoxy) is 3. The van der Waals surface area contributed by atoms with Crippen molar-refractivity contribution in [3.63, 3.8) is 0 Å². The summed E-state index contributed by atoms with van der Waals surface area (Å²) in [6, 6.07) is 6.30. The summed E-state index contributed by atoms with van der Waals surface area (Å²) in [5, 5.41) is 2.94. The molecule has 0 atom stereocenters. The molecular formula is C21H23NO7S. The number of aryl methyl sites for hydroxylation is 1.